The topological polar surface area (TPSA) is 41.8 Å². The summed E-state index contributed by atoms with van der Waals surface area (Å²) in [5.74, 6) is -0.858. The van der Waals surface area contributed by atoms with Gasteiger partial charge in [0.2, 0.25) is 0 Å². The van der Waals surface area contributed by atoms with Gasteiger partial charge in [0.15, 0.2) is 0 Å². The molecule has 0 radical (unpaired) electrons. The lowest BCUT2D eigenvalue weighted by Gasteiger charge is -2.22. The van der Waals surface area contributed by atoms with Crippen molar-refractivity contribution in [2.24, 2.45) is 5.16 Å². The van der Waals surface area contributed by atoms with E-state index < -0.39 is 18.4 Å². The quantitative estimate of drug-likeness (QED) is 0.780. The van der Waals surface area contributed by atoms with Crippen molar-refractivity contribution in [3.05, 3.63) is 35.4 Å². The molecule has 0 saturated heterocycles. The van der Waals surface area contributed by atoms with E-state index in [1.807, 2.05) is 0 Å². The number of hydrogen-bond acceptors (Lipinski definition) is 3. The molecule has 1 aromatic carbocycles. The molecule has 0 spiro atoms. The number of oxime groups is 1. The van der Waals surface area contributed by atoms with Crippen LogP contribution < -0.4 is 0 Å². The molecular formula is C12H8F3NO2. The van der Waals surface area contributed by atoms with Gasteiger partial charge >= 0.3 is 12.0 Å². The van der Waals surface area contributed by atoms with Crippen molar-refractivity contribution in [2.75, 3.05) is 0 Å². The van der Waals surface area contributed by atoms with E-state index in [0.29, 0.717) is 11.1 Å². The zero-order valence-electron chi connectivity index (χ0n) is 9.03. The number of alkyl halides is 3. The minimum absolute atomic E-state index is 0.0263. The molecule has 6 heteroatoms. The first-order chi connectivity index (χ1) is 8.36. The monoisotopic (exact) mass is 255 g/mol. The number of hydrogen-bond donors (Lipinski definition) is 1. The highest BCUT2D eigenvalue weighted by Gasteiger charge is 2.60. The van der Waals surface area contributed by atoms with Crippen molar-refractivity contribution < 1.29 is 23.1 Å². The fourth-order valence-electron chi connectivity index (χ4n) is 1.49. The van der Waals surface area contributed by atoms with Crippen LogP contribution in [0, 0.1) is 12.3 Å². The van der Waals surface area contributed by atoms with Gasteiger partial charge in [0, 0.05) is 5.56 Å². The van der Waals surface area contributed by atoms with Gasteiger partial charge in [-0.3, -0.25) is 0 Å². The lowest BCUT2D eigenvalue weighted by Crippen LogP contribution is -2.45. The smallest absolute Gasteiger partial charge is 0.350 e. The highest BCUT2D eigenvalue weighted by atomic mass is 19.4. The van der Waals surface area contributed by atoms with Gasteiger partial charge in [-0.15, -0.1) is 6.42 Å². The van der Waals surface area contributed by atoms with Gasteiger partial charge in [0.05, 0.1) is 12.1 Å². The van der Waals surface area contributed by atoms with Crippen molar-refractivity contribution in [3.8, 4) is 12.3 Å². The Morgan fingerprint density at radius 2 is 1.94 bits per heavy atom. The van der Waals surface area contributed by atoms with Gasteiger partial charge in [-0.05, 0) is 17.7 Å². The first-order valence-corrected chi connectivity index (χ1v) is 4.97. The first kappa shape index (κ1) is 12.5. The van der Waals surface area contributed by atoms with E-state index in [9.17, 15) is 18.3 Å². The summed E-state index contributed by atoms with van der Waals surface area (Å²) < 4.78 is 37.4. The molecule has 1 aliphatic rings. The molecule has 0 aromatic heterocycles. The van der Waals surface area contributed by atoms with Gasteiger partial charge in [0.25, 0.3) is 0 Å². The average molecular weight is 255 g/mol. The second kappa shape index (κ2) is 4.03. The summed E-state index contributed by atoms with van der Waals surface area (Å²) >= 11 is 0. The third-order valence-corrected chi connectivity index (χ3v) is 2.54. The van der Waals surface area contributed by atoms with Crippen LogP contribution in [0.5, 0.6) is 0 Å². The number of halogens is 3. The molecule has 0 amide bonds. The zero-order valence-corrected chi connectivity index (χ0v) is 9.03. The molecule has 2 rings (SSSR count). The molecule has 94 valence electrons. The standard InChI is InChI=1S/C12H8F3NO2/c1-2-8-3-5-9(6-4-8)10-7-11(17,18-16-10)12(13,14)15/h1,3-6,17H,7H2. The second-order valence-corrected chi connectivity index (χ2v) is 3.81. The van der Waals surface area contributed by atoms with Crippen LogP contribution in [0.1, 0.15) is 17.5 Å². The van der Waals surface area contributed by atoms with Gasteiger partial charge < -0.3 is 9.94 Å². The van der Waals surface area contributed by atoms with E-state index in [4.69, 9.17) is 6.42 Å². The van der Waals surface area contributed by atoms with Crippen molar-refractivity contribution in [3.63, 3.8) is 0 Å². The number of terminal acetylenes is 1. The second-order valence-electron chi connectivity index (χ2n) is 3.81. The molecule has 1 atom stereocenters. The molecule has 0 aliphatic carbocycles. The highest BCUT2D eigenvalue weighted by Crippen LogP contribution is 2.38. The van der Waals surface area contributed by atoms with Crippen LogP contribution in [0.15, 0.2) is 29.4 Å². The third kappa shape index (κ3) is 2.05. The highest BCUT2D eigenvalue weighted by molar-refractivity contribution is 6.01. The largest absolute Gasteiger partial charge is 0.458 e. The summed E-state index contributed by atoms with van der Waals surface area (Å²) in [6, 6.07) is 6.20. The molecule has 3 nitrogen and oxygen atoms in total. The van der Waals surface area contributed by atoms with E-state index >= 15 is 0 Å². The summed E-state index contributed by atoms with van der Waals surface area (Å²) in [6.07, 6.45) is -0.476. The van der Waals surface area contributed by atoms with Gasteiger partial charge in [-0.25, -0.2) is 0 Å². The van der Waals surface area contributed by atoms with Crippen molar-refractivity contribution >= 4 is 5.71 Å². The van der Waals surface area contributed by atoms with Crippen LogP contribution in [0.4, 0.5) is 13.2 Å². The fourth-order valence-corrected chi connectivity index (χ4v) is 1.49. The van der Waals surface area contributed by atoms with Gasteiger partial charge in [-0.2, -0.15) is 13.2 Å². The summed E-state index contributed by atoms with van der Waals surface area (Å²) in [6.45, 7) is 0. The Bertz CT molecular complexity index is 528. The van der Waals surface area contributed by atoms with Crippen LogP contribution in [-0.2, 0) is 4.84 Å². The molecule has 0 bridgehead atoms. The summed E-state index contributed by atoms with van der Waals surface area (Å²) in [7, 11) is 0. The Morgan fingerprint density at radius 3 is 2.39 bits per heavy atom. The minimum Gasteiger partial charge on any atom is -0.350 e. The van der Waals surface area contributed by atoms with Crippen LogP contribution in [-0.4, -0.2) is 22.8 Å². The van der Waals surface area contributed by atoms with Crippen LogP contribution in [0.25, 0.3) is 0 Å². The molecule has 1 heterocycles. The Balaban J connectivity index is 2.21. The number of rotatable bonds is 1. The first-order valence-electron chi connectivity index (χ1n) is 4.97. The summed E-state index contributed by atoms with van der Waals surface area (Å²) in [5.41, 5.74) is 1.05. The van der Waals surface area contributed by atoms with Crippen LogP contribution in [0.3, 0.4) is 0 Å². The lowest BCUT2D eigenvalue weighted by atomic mass is 10.0. The predicted molar refractivity (Wildman–Crippen MR) is 57.6 cm³/mol. The summed E-state index contributed by atoms with van der Waals surface area (Å²) in [5, 5.41) is 12.5. The molecule has 1 aliphatic heterocycles. The molecule has 0 saturated carbocycles. The fraction of sp³-hybridized carbons (Fsp3) is 0.250. The Hall–Kier alpha value is -2.00. The van der Waals surface area contributed by atoms with E-state index in [1.54, 1.807) is 12.1 Å². The Labute approximate surface area is 101 Å². The molecule has 1 N–H and O–H groups in total. The van der Waals surface area contributed by atoms with Crippen LogP contribution >= 0.6 is 0 Å². The normalized spacial score (nSPS) is 23.2. The minimum atomic E-state index is -4.89. The molecule has 0 fully saturated rings. The zero-order chi connectivity index (χ0) is 13.4. The summed E-state index contributed by atoms with van der Waals surface area (Å²) in [4.78, 5) is 4.11. The van der Waals surface area contributed by atoms with Crippen molar-refractivity contribution in [1.29, 1.82) is 0 Å². The van der Waals surface area contributed by atoms with Crippen molar-refractivity contribution in [2.45, 2.75) is 18.4 Å². The van der Waals surface area contributed by atoms with E-state index in [-0.39, 0.29) is 5.71 Å². The number of aliphatic hydroxyl groups is 1. The maximum atomic E-state index is 12.5. The van der Waals surface area contributed by atoms with Gasteiger partial charge in [0.1, 0.15) is 0 Å². The number of benzene rings is 1. The van der Waals surface area contributed by atoms with Crippen LogP contribution in [0.2, 0.25) is 0 Å². The average Bonchev–Trinajstić information content (AvgIpc) is 2.73. The van der Waals surface area contributed by atoms with E-state index in [1.165, 1.54) is 12.1 Å². The Kier molecular flexibility index (Phi) is 2.79. The number of nitrogens with zero attached hydrogens (tertiary/aromatic N) is 1. The van der Waals surface area contributed by atoms with E-state index in [2.05, 4.69) is 15.9 Å². The molecule has 1 aromatic rings. The predicted octanol–water partition coefficient (Wildman–Crippen LogP) is 2.04. The van der Waals surface area contributed by atoms with Gasteiger partial charge in [-0.1, -0.05) is 23.2 Å². The Morgan fingerprint density at radius 1 is 1.33 bits per heavy atom. The SMILES string of the molecule is C#Cc1ccc(C2=NOC(O)(C(F)(F)F)C2)cc1. The van der Waals surface area contributed by atoms with E-state index in [0.717, 1.165) is 0 Å². The third-order valence-electron chi connectivity index (χ3n) is 2.54. The van der Waals surface area contributed by atoms with Crippen molar-refractivity contribution in [1.82, 2.24) is 0 Å². The maximum absolute atomic E-state index is 12.5. The maximum Gasteiger partial charge on any atom is 0.458 e. The molecule has 1 unspecified atom stereocenters. The molecule has 18 heavy (non-hydrogen) atoms. The lowest BCUT2D eigenvalue weighted by molar-refractivity contribution is -0.355. The molecular weight excluding hydrogens is 247 g/mol.